The third kappa shape index (κ3) is 3.91. The molecule has 20 heavy (non-hydrogen) atoms. The fourth-order valence-corrected chi connectivity index (χ4v) is 3.11. The smallest absolute Gasteiger partial charge is 0.207 e. The van der Waals surface area contributed by atoms with Gasteiger partial charge in [0.15, 0.2) is 0 Å². The molecule has 3 nitrogen and oxygen atoms in total. The lowest BCUT2D eigenvalue weighted by molar-refractivity contribution is 0.581. The van der Waals surface area contributed by atoms with Gasteiger partial charge in [0.2, 0.25) is 10.0 Å². The maximum Gasteiger partial charge on any atom is 0.240 e. The molecule has 0 aromatic heterocycles. The fraction of sp³-hybridized carbons (Fsp3) is 0.0769. The molecule has 0 saturated heterocycles. The lowest BCUT2D eigenvalue weighted by atomic mass is 10.2. The van der Waals surface area contributed by atoms with E-state index >= 15 is 0 Å². The van der Waals surface area contributed by atoms with E-state index in [1.54, 1.807) is 12.1 Å². The normalized spacial score (nSPS) is 11.6. The van der Waals surface area contributed by atoms with Gasteiger partial charge in [-0.15, -0.1) is 0 Å². The van der Waals surface area contributed by atoms with E-state index < -0.39 is 15.8 Å². The summed E-state index contributed by atoms with van der Waals surface area (Å²) in [7, 11) is -3.59. The second-order valence-corrected chi connectivity index (χ2v) is 7.45. The topological polar surface area (TPSA) is 46.2 Å². The molecule has 0 spiro atoms. The van der Waals surface area contributed by atoms with E-state index in [2.05, 4.69) is 27.3 Å². The van der Waals surface area contributed by atoms with Crippen molar-refractivity contribution in [2.45, 2.75) is 11.4 Å². The third-order valence-electron chi connectivity index (χ3n) is 2.57. The molecule has 0 aliphatic rings. The number of hydrogen-bond acceptors (Lipinski definition) is 2. The van der Waals surface area contributed by atoms with Crippen LogP contribution in [0.4, 0.5) is 4.39 Å². The minimum absolute atomic E-state index is 0.0315. The van der Waals surface area contributed by atoms with Crippen molar-refractivity contribution in [3.05, 3.63) is 62.4 Å². The van der Waals surface area contributed by atoms with Crippen molar-refractivity contribution in [2.24, 2.45) is 0 Å². The molecule has 0 unspecified atom stereocenters. The monoisotopic (exact) mass is 425 g/mol. The fourth-order valence-electron chi connectivity index (χ4n) is 1.53. The van der Waals surface area contributed by atoms with Crippen LogP contribution in [-0.2, 0) is 16.6 Å². The summed E-state index contributed by atoms with van der Waals surface area (Å²) < 4.78 is 40.5. The van der Waals surface area contributed by atoms with Crippen LogP contribution >= 0.6 is 34.2 Å². The number of halogens is 3. The van der Waals surface area contributed by atoms with Crippen molar-refractivity contribution in [3.8, 4) is 0 Å². The predicted molar refractivity (Wildman–Crippen MR) is 84.6 cm³/mol. The van der Waals surface area contributed by atoms with Crippen molar-refractivity contribution in [1.82, 2.24) is 4.72 Å². The average Bonchev–Trinajstić information content (AvgIpc) is 2.41. The Morgan fingerprint density at radius 3 is 2.40 bits per heavy atom. The summed E-state index contributed by atoms with van der Waals surface area (Å²) in [5.41, 5.74) is 0.588. The predicted octanol–water partition coefficient (Wildman–Crippen LogP) is 3.56. The summed E-state index contributed by atoms with van der Waals surface area (Å²) in [6, 6.07) is 10.6. The average molecular weight is 426 g/mol. The summed E-state index contributed by atoms with van der Waals surface area (Å²) >= 11 is 7.74. The Morgan fingerprint density at radius 2 is 1.80 bits per heavy atom. The van der Waals surface area contributed by atoms with Gasteiger partial charge in [0.05, 0.1) is 9.92 Å². The molecule has 0 aliphatic carbocycles. The van der Waals surface area contributed by atoms with Crippen LogP contribution in [0.1, 0.15) is 5.56 Å². The number of benzene rings is 2. The van der Waals surface area contributed by atoms with E-state index in [1.807, 2.05) is 0 Å². The molecule has 2 aromatic rings. The molecule has 7 heteroatoms. The van der Waals surface area contributed by atoms with E-state index in [0.717, 1.165) is 3.57 Å². The number of nitrogens with one attached hydrogen (secondary N) is 1. The van der Waals surface area contributed by atoms with Crippen molar-refractivity contribution >= 4 is 44.2 Å². The molecule has 0 amide bonds. The summed E-state index contributed by atoms with van der Waals surface area (Å²) in [5.74, 6) is -0.532. The quantitative estimate of drug-likeness (QED) is 0.762. The van der Waals surface area contributed by atoms with Gasteiger partial charge in [-0.1, -0.05) is 17.7 Å². The van der Waals surface area contributed by atoms with Gasteiger partial charge in [-0.05, 0) is 64.6 Å². The minimum atomic E-state index is -3.59. The Kier molecular flexibility index (Phi) is 5.00. The van der Waals surface area contributed by atoms with E-state index in [1.165, 1.54) is 30.3 Å². The Hall–Kier alpha value is -0.700. The zero-order chi connectivity index (χ0) is 14.8. The van der Waals surface area contributed by atoms with E-state index in [-0.39, 0.29) is 16.5 Å². The first-order valence-electron chi connectivity index (χ1n) is 5.58. The van der Waals surface area contributed by atoms with Crippen LogP contribution in [0, 0.1) is 9.39 Å². The number of sulfonamides is 1. The van der Waals surface area contributed by atoms with Crippen LogP contribution in [0.25, 0.3) is 0 Å². The Labute approximate surface area is 135 Å². The van der Waals surface area contributed by atoms with Crippen LogP contribution in [0.2, 0.25) is 5.02 Å². The molecular formula is C13H10ClFINO2S. The van der Waals surface area contributed by atoms with Gasteiger partial charge >= 0.3 is 0 Å². The molecule has 0 atom stereocenters. The molecule has 106 valence electrons. The molecule has 1 N–H and O–H groups in total. The van der Waals surface area contributed by atoms with Crippen LogP contribution in [0.15, 0.2) is 47.4 Å². The molecule has 2 aromatic carbocycles. The lowest BCUT2D eigenvalue weighted by Gasteiger charge is -2.07. The minimum Gasteiger partial charge on any atom is -0.207 e. The number of rotatable bonds is 4. The van der Waals surface area contributed by atoms with Crippen LogP contribution in [0.5, 0.6) is 0 Å². The third-order valence-corrected chi connectivity index (χ3v) is 5.00. The SMILES string of the molecule is O=S(=O)(NCc1ccc(F)c(Cl)c1)c1ccc(I)cc1. The lowest BCUT2D eigenvalue weighted by Crippen LogP contribution is -2.23. The Bertz CT molecular complexity index is 720. The second-order valence-electron chi connectivity index (χ2n) is 4.03. The zero-order valence-corrected chi connectivity index (χ0v) is 13.8. The molecule has 0 radical (unpaired) electrons. The largest absolute Gasteiger partial charge is 0.240 e. The summed E-state index contributed by atoms with van der Waals surface area (Å²) in [5, 5.41) is -0.0315. The molecule has 0 bridgehead atoms. The standard InChI is InChI=1S/C13H10ClFINO2S/c14-12-7-9(1-6-13(12)15)8-17-20(18,19)11-4-2-10(16)3-5-11/h1-7,17H,8H2. The molecular weight excluding hydrogens is 416 g/mol. The highest BCUT2D eigenvalue weighted by atomic mass is 127. The molecule has 2 rings (SSSR count). The highest BCUT2D eigenvalue weighted by Gasteiger charge is 2.13. The second kappa shape index (κ2) is 6.38. The van der Waals surface area contributed by atoms with Crippen LogP contribution in [0.3, 0.4) is 0 Å². The van der Waals surface area contributed by atoms with Gasteiger partial charge in [0.25, 0.3) is 0 Å². The van der Waals surface area contributed by atoms with Gasteiger partial charge in [-0.3, -0.25) is 0 Å². The van der Waals surface area contributed by atoms with Gasteiger partial charge < -0.3 is 0 Å². The first-order valence-corrected chi connectivity index (χ1v) is 8.51. The van der Waals surface area contributed by atoms with Crippen molar-refractivity contribution in [3.63, 3.8) is 0 Å². The molecule has 0 aliphatic heterocycles. The zero-order valence-electron chi connectivity index (χ0n) is 10.1. The van der Waals surface area contributed by atoms with Crippen molar-refractivity contribution in [2.75, 3.05) is 0 Å². The van der Waals surface area contributed by atoms with Crippen molar-refractivity contribution in [1.29, 1.82) is 0 Å². The molecule has 0 saturated carbocycles. The van der Waals surface area contributed by atoms with Crippen LogP contribution in [-0.4, -0.2) is 8.42 Å². The highest BCUT2D eigenvalue weighted by Crippen LogP contribution is 2.17. The van der Waals surface area contributed by atoms with Gasteiger partial charge in [-0.2, -0.15) is 0 Å². The maximum atomic E-state index is 13.0. The van der Waals surface area contributed by atoms with Crippen LogP contribution < -0.4 is 4.72 Å². The van der Waals surface area contributed by atoms with Crippen molar-refractivity contribution < 1.29 is 12.8 Å². The Balaban J connectivity index is 2.13. The first-order chi connectivity index (χ1) is 9.38. The summed E-state index contributed by atoms with van der Waals surface area (Å²) in [4.78, 5) is 0.186. The van der Waals surface area contributed by atoms with E-state index in [4.69, 9.17) is 11.6 Å². The Morgan fingerprint density at radius 1 is 1.15 bits per heavy atom. The highest BCUT2D eigenvalue weighted by molar-refractivity contribution is 14.1. The molecule has 0 heterocycles. The first kappa shape index (κ1) is 15.7. The summed E-state index contributed by atoms with van der Waals surface area (Å²) in [6.07, 6.45) is 0. The number of hydrogen-bond donors (Lipinski definition) is 1. The molecule has 0 fully saturated rings. The maximum absolute atomic E-state index is 13.0. The van der Waals surface area contributed by atoms with E-state index in [0.29, 0.717) is 5.56 Å². The van der Waals surface area contributed by atoms with E-state index in [9.17, 15) is 12.8 Å². The van der Waals surface area contributed by atoms with Gasteiger partial charge in [0, 0.05) is 10.1 Å². The summed E-state index contributed by atoms with van der Waals surface area (Å²) in [6.45, 7) is 0.0499. The van der Waals surface area contributed by atoms with Gasteiger partial charge in [0.1, 0.15) is 5.82 Å². The van der Waals surface area contributed by atoms with Gasteiger partial charge in [-0.25, -0.2) is 17.5 Å².